The van der Waals surface area contributed by atoms with Crippen molar-refractivity contribution >= 4 is 0 Å². The van der Waals surface area contributed by atoms with Gasteiger partial charge in [0.15, 0.2) is 0 Å². The van der Waals surface area contributed by atoms with Crippen LogP contribution >= 0.6 is 0 Å². The molecule has 3 heteroatoms. The predicted octanol–water partition coefficient (Wildman–Crippen LogP) is 0.906. The molecular formula is C10H14N2O. The zero-order valence-corrected chi connectivity index (χ0v) is 7.79. The summed E-state index contributed by atoms with van der Waals surface area (Å²) in [6.07, 6.45) is 2.97. The fourth-order valence-electron chi connectivity index (χ4n) is 1.73. The minimum absolute atomic E-state index is 0.308. The van der Waals surface area contributed by atoms with Gasteiger partial charge < -0.3 is 10.5 Å². The highest BCUT2D eigenvalue weighted by atomic mass is 16.5. The molecule has 0 aliphatic heterocycles. The van der Waals surface area contributed by atoms with E-state index in [4.69, 9.17) is 10.5 Å². The molecule has 1 aliphatic rings. The van der Waals surface area contributed by atoms with E-state index in [0.29, 0.717) is 11.9 Å². The monoisotopic (exact) mass is 178 g/mol. The molecule has 1 atom stereocenters. The van der Waals surface area contributed by atoms with Gasteiger partial charge in [-0.2, -0.15) is 0 Å². The molecule has 0 bridgehead atoms. The molecule has 0 spiro atoms. The molecule has 13 heavy (non-hydrogen) atoms. The van der Waals surface area contributed by atoms with Crippen molar-refractivity contribution in [2.45, 2.75) is 25.3 Å². The third-order valence-corrected chi connectivity index (χ3v) is 2.49. The van der Waals surface area contributed by atoms with Crippen molar-refractivity contribution in [3.05, 3.63) is 23.4 Å². The lowest BCUT2D eigenvalue weighted by Crippen LogP contribution is -2.28. The van der Waals surface area contributed by atoms with E-state index in [1.165, 1.54) is 5.56 Å². The standard InChI is InChI=1S/C10H14N2O/c1-13-10-5-2-7-6-8(11)3-4-9(7)12-10/h2,5,8H,3-4,6,11H2,1H3/t8-/m1/s1. The number of nitrogens with zero attached hydrogens (tertiary/aromatic N) is 1. The summed E-state index contributed by atoms with van der Waals surface area (Å²) in [6, 6.07) is 4.28. The first kappa shape index (κ1) is 8.51. The van der Waals surface area contributed by atoms with Crippen LogP contribution in [0.15, 0.2) is 12.1 Å². The first-order chi connectivity index (χ1) is 6.29. The summed E-state index contributed by atoms with van der Waals surface area (Å²) < 4.78 is 5.06. The summed E-state index contributed by atoms with van der Waals surface area (Å²) in [5.41, 5.74) is 8.29. The number of aromatic nitrogens is 1. The highest BCUT2D eigenvalue weighted by Gasteiger charge is 2.16. The quantitative estimate of drug-likeness (QED) is 0.695. The van der Waals surface area contributed by atoms with Crippen LogP contribution in [-0.2, 0) is 12.8 Å². The van der Waals surface area contributed by atoms with E-state index in [-0.39, 0.29) is 0 Å². The van der Waals surface area contributed by atoms with Crippen molar-refractivity contribution in [1.82, 2.24) is 4.98 Å². The van der Waals surface area contributed by atoms with Gasteiger partial charge in [-0.25, -0.2) is 4.98 Å². The minimum atomic E-state index is 0.308. The van der Waals surface area contributed by atoms with Gasteiger partial charge >= 0.3 is 0 Å². The van der Waals surface area contributed by atoms with Gasteiger partial charge in [-0.3, -0.25) is 0 Å². The summed E-state index contributed by atoms with van der Waals surface area (Å²) in [5.74, 6) is 0.703. The Balaban J connectivity index is 2.31. The van der Waals surface area contributed by atoms with Gasteiger partial charge in [-0.05, 0) is 24.8 Å². The Morgan fingerprint density at radius 1 is 1.54 bits per heavy atom. The third-order valence-electron chi connectivity index (χ3n) is 2.49. The molecule has 0 saturated heterocycles. The van der Waals surface area contributed by atoms with Gasteiger partial charge in [0.1, 0.15) is 0 Å². The third kappa shape index (κ3) is 1.65. The van der Waals surface area contributed by atoms with Crippen LogP contribution < -0.4 is 10.5 Å². The number of ether oxygens (including phenoxy) is 1. The molecule has 1 heterocycles. The molecule has 1 aromatic rings. The van der Waals surface area contributed by atoms with Crippen LogP contribution in [0.25, 0.3) is 0 Å². The lowest BCUT2D eigenvalue weighted by atomic mass is 9.92. The largest absolute Gasteiger partial charge is 0.481 e. The van der Waals surface area contributed by atoms with Crippen molar-refractivity contribution in [2.75, 3.05) is 7.11 Å². The van der Waals surface area contributed by atoms with Gasteiger partial charge in [-0.15, -0.1) is 0 Å². The fourth-order valence-corrected chi connectivity index (χ4v) is 1.73. The maximum Gasteiger partial charge on any atom is 0.213 e. The van der Waals surface area contributed by atoms with Gasteiger partial charge in [0.25, 0.3) is 0 Å². The Kier molecular flexibility index (Phi) is 2.19. The number of fused-ring (bicyclic) bond motifs is 1. The Morgan fingerprint density at radius 3 is 3.15 bits per heavy atom. The van der Waals surface area contributed by atoms with Crippen LogP contribution in [0.2, 0.25) is 0 Å². The molecule has 1 aromatic heterocycles. The molecule has 2 N–H and O–H groups in total. The molecule has 0 aromatic carbocycles. The SMILES string of the molecule is COc1ccc2c(n1)CC[C@@H](N)C2. The smallest absolute Gasteiger partial charge is 0.213 e. The highest BCUT2D eigenvalue weighted by Crippen LogP contribution is 2.21. The number of nitrogens with two attached hydrogens (primary N) is 1. The molecule has 0 radical (unpaired) electrons. The average molecular weight is 178 g/mol. The number of hydrogen-bond acceptors (Lipinski definition) is 3. The number of hydrogen-bond donors (Lipinski definition) is 1. The molecule has 0 unspecified atom stereocenters. The van der Waals surface area contributed by atoms with E-state index >= 15 is 0 Å². The maximum atomic E-state index is 5.86. The first-order valence-corrected chi connectivity index (χ1v) is 4.58. The Labute approximate surface area is 77.9 Å². The molecule has 0 amide bonds. The van der Waals surface area contributed by atoms with E-state index in [1.807, 2.05) is 6.07 Å². The topological polar surface area (TPSA) is 48.1 Å². The number of pyridine rings is 1. The summed E-state index contributed by atoms with van der Waals surface area (Å²) >= 11 is 0. The number of aryl methyl sites for hydroxylation is 1. The van der Waals surface area contributed by atoms with E-state index in [2.05, 4.69) is 11.1 Å². The summed E-state index contributed by atoms with van der Waals surface area (Å²) in [7, 11) is 1.64. The van der Waals surface area contributed by atoms with Gasteiger partial charge in [-0.1, -0.05) is 6.07 Å². The predicted molar refractivity (Wildman–Crippen MR) is 50.8 cm³/mol. The van der Waals surface area contributed by atoms with Gasteiger partial charge in [0.2, 0.25) is 5.88 Å². The van der Waals surface area contributed by atoms with E-state index in [1.54, 1.807) is 7.11 Å². The van der Waals surface area contributed by atoms with Crippen molar-refractivity contribution in [3.8, 4) is 5.88 Å². The van der Waals surface area contributed by atoms with Gasteiger partial charge in [0.05, 0.1) is 7.11 Å². The second-order valence-corrected chi connectivity index (χ2v) is 3.46. The highest BCUT2D eigenvalue weighted by molar-refractivity contribution is 5.28. The van der Waals surface area contributed by atoms with Crippen LogP contribution in [0, 0.1) is 0 Å². The van der Waals surface area contributed by atoms with Crippen LogP contribution in [0.5, 0.6) is 5.88 Å². The van der Waals surface area contributed by atoms with Crippen LogP contribution in [0.4, 0.5) is 0 Å². The lowest BCUT2D eigenvalue weighted by molar-refractivity contribution is 0.394. The maximum absolute atomic E-state index is 5.86. The van der Waals surface area contributed by atoms with Crippen LogP contribution in [-0.4, -0.2) is 18.1 Å². The van der Waals surface area contributed by atoms with E-state index in [9.17, 15) is 0 Å². The zero-order valence-electron chi connectivity index (χ0n) is 7.79. The second kappa shape index (κ2) is 3.34. The second-order valence-electron chi connectivity index (χ2n) is 3.46. The zero-order chi connectivity index (χ0) is 9.26. The van der Waals surface area contributed by atoms with Crippen molar-refractivity contribution in [2.24, 2.45) is 5.73 Å². The fraction of sp³-hybridized carbons (Fsp3) is 0.500. The van der Waals surface area contributed by atoms with Crippen LogP contribution in [0.1, 0.15) is 17.7 Å². The van der Waals surface area contributed by atoms with Crippen molar-refractivity contribution in [1.29, 1.82) is 0 Å². The van der Waals surface area contributed by atoms with E-state index in [0.717, 1.165) is 25.0 Å². The average Bonchev–Trinajstić information content (AvgIpc) is 2.17. The Bertz CT molecular complexity index is 312. The summed E-state index contributed by atoms with van der Waals surface area (Å²) in [5, 5.41) is 0. The lowest BCUT2D eigenvalue weighted by Gasteiger charge is -2.20. The first-order valence-electron chi connectivity index (χ1n) is 4.58. The normalized spacial score (nSPS) is 20.9. The Hall–Kier alpha value is -1.09. The summed E-state index contributed by atoms with van der Waals surface area (Å²) in [6.45, 7) is 0. The minimum Gasteiger partial charge on any atom is -0.481 e. The molecule has 1 aliphatic carbocycles. The molecule has 70 valence electrons. The molecular weight excluding hydrogens is 164 g/mol. The van der Waals surface area contributed by atoms with Gasteiger partial charge in [0, 0.05) is 17.8 Å². The Morgan fingerprint density at radius 2 is 2.38 bits per heavy atom. The molecule has 0 saturated carbocycles. The molecule has 3 nitrogen and oxygen atoms in total. The van der Waals surface area contributed by atoms with E-state index < -0.39 is 0 Å². The summed E-state index contributed by atoms with van der Waals surface area (Å²) in [4.78, 5) is 4.39. The van der Waals surface area contributed by atoms with Crippen LogP contribution in [0.3, 0.4) is 0 Å². The molecule has 2 rings (SSSR count). The van der Waals surface area contributed by atoms with Crippen molar-refractivity contribution in [3.63, 3.8) is 0 Å². The number of methoxy groups -OCH3 is 1. The number of rotatable bonds is 1. The van der Waals surface area contributed by atoms with Crippen molar-refractivity contribution < 1.29 is 4.74 Å². The molecule has 0 fully saturated rings.